The second-order valence-corrected chi connectivity index (χ2v) is 4.58. The van der Waals surface area contributed by atoms with Crippen molar-refractivity contribution in [1.29, 1.82) is 0 Å². The first kappa shape index (κ1) is 13.1. The molecule has 0 unspecified atom stereocenters. The lowest BCUT2D eigenvalue weighted by atomic mass is 10.2. The van der Waals surface area contributed by atoms with Gasteiger partial charge in [-0.3, -0.25) is 0 Å². The van der Waals surface area contributed by atoms with Crippen LogP contribution in [0.5, 0.6) is 0 Å². The van der Waals surface area contributed by atoms with E-state index in [2.05, 4.69) is 22.3 Å². The summed E-state index contributed by atoms with van der Waals surface area (Å²) in [4.78, 5) is 4.29. The summed E-state index contributed by atoms with van der Waals surface area (Å²) in [6.45, 7) is 7.60. The summed E-state index contributed by atoms with van der Waals surface area (Å²) in [5.74, 6) is 1.63. The molecule has 18 heavy (non-hydrogen) atoms. The quantitative estimate of drug-likeness (QED) is 0.923. The molecule has 5 heteroatoms. The van der Waals surface area contributed by atoms with E-state index in [1.807, 2.05) is 32.0 Å². The number of aryl methyl sites for hydroxylation is 2. The standard InChI is InChI=1S/C13H17ClN4/c1-4-15-8-11-5-6-12(7-13(11)14)18-10(3)16-9(2)17-18/h5-7,15H,4,8H2,1-3H3. The molecule has 0 aliphatic carbocycles. The van der Waals surface area contributed by atoms with Crippen LogP contribution in [0.1, 0.15) is 24.1 Å². The molecule has 4 nitrogen and oxygen atoms in total. The average Bonchev–Trinajstić information content (AvgIpc) is 2.67. The number of rotatable bonds is 4. The first-order valence-electron chi connectivity index (χ1n) is 6.01. The predicted molar refractivity (Wildman–Crippen MR) is 73.2 cm³/mol. The molecule has 96 valence electrons. The zero-order valence-corrected chi connectivity index (χ0v) is 11.6. The van der Waals surface area contributed by atoms with Gasteiger partial charge in [0, 0.05) is 11.6 Å². The third-order valence-electron chi connectivity index (χ3n) is 2.72. The van der Waals surface area contributed by atoms with E-state index in [9.17, 15) is 0 Å². The van der Waals surface area contributed by atoms with E-state index in [1.165, 1.54) is 0 Å². The molecule has 0 fully saturated rings. The summed E-state index contributed by atoms with van der Waals surface area (Å²) < 4.78 is 1.80. The third-order valence-corrected chi connectivity index (χ3v) is 3.07. The first-order valence-corrected chi connectivity index (χ1v) is 6.39. The number of benzene rings is 1. The molecule has 0 aliphatic heterocycles. The van der Waals surface area contributed by atoms with Gasteiger partial charge < -0.3 is 5.32 Å². The monoisotopic (exact) mass is 264 g/mol. The van der Waals surface area contributed by atoms with E-state index < -0.39 is 0 Å². The fourth-order valence-electron chi connectivity index (χ4n) is 1.84. The van der Waals surface area contributed by atoms with E-state index in [0.717, 1.165) is 41.0 Å². The van der Waals surface area contributed by atoms with Gasteiger partial charge in [0.2, 0.25) is 0 Å². The zero-order valence-electron chi connectivity index (χ0n) is 10.9. The van der Waals surface area contributed by atoms with Gasteiger partial charge in [-0.15, -0.1) is 0 Å². The Kier molecular flexibility index (Phi) is 3.99. The molecule has 0 atom stereocenters. The Labute approximate surface area is 112 Å². The summed E-state index contributed by atoms with van der Waals surface area (Å²) in [6, 6.07) is 5.96. The molecule has 0 spiro atoms. The van der Waals surface area contributed by atoms with Gasteiger partial charge in [0.15, 0.2) is 0 Å². The molecule has 1 aromatic heterocycles. The summed E-state index contributed by atoms with van der Waals surface area (Å²) in [5, 5.41) is 8.36. The topological polar surface area (TPSA) is 42.7 Å². The second kappa shape index (κ2) is 5.50. The lowest BCUT2D eigenvalue weighted by Crippen LogP contribution is -2.12. The normalized spacial score (nSPS) is 10.9. The van der Waals surface area contributed by atoms with Gasteiger partial charge in [0.05, 0.1) is 5.69 Å². The maximum Gasteiger partial charge on any atom is 0.148 e. The van der Waals surface area contributed by atoms with Crippen LogP contribution in [0.25, 0.3) is 5.69 Å². The van der Waals surface area contributed by atoms with Gasteiger partial charge in [0.1, 0.15) is 11.6 Å². The smallest absolute Gasteiger partial charge is 0.148 e. The number of nitrogens with one attached hydrogen (secondary N) is 1. The van der Waals surface area contributed by atoms with Gasteiger partial charge in [-0.25, -0.2) is 9.67 Å². The Hall–Kier alpha value is -1.39. The molecule has 0 radical (unpaired) electrons. The highest BCUT2D eigenvalue weighted by atomic mass is 35.5. The van der Waals surface area contributed by atoms with Crippen molar-refractivity contribution in [2.24, 2.45) is 0 Å². The molecule has 1 N–H and O–H groups in total. The van der Waals surface area contributed by atoms with Gasteiger partial charge in [-0.1, -0.05) is 24.6 Å². The van der Waals surface area contributed by atoms with Crippen molar-refractivity contribution < 1.29 is 0 Å². The number of halogens is 1. The summed E-state index contributed by atoms with van der Waals surface area (Å²) in [7, 11) is 0. The van der Waals surface area contributed by atoms with Gasteiger partial charge in [0.25, 0.3) is 0 Å². The van der Waals surface area contributed by atoms with Crippen molar-refractivity contribution in [2.75, 3.05) is 6.54 Å². The van der Waals surface area contributed by atoms with Crippen molar-refractivity contribution >= 4 is 11.6 Å². The molecular weight excluding hydrogens is 248 g/mol. The molecule has 0 bridgehead atoms. The lowest BCUT2D eigenvalue weighted by molar-refractivity contribution is 0.726. The van der Waals surface area contributed by atoms with Crippen molar-refractivity contribution in [3.05, 3.63) is 40.4 Å². The van der Waals surface area contributed by atoms with Crippen molar-refractivity contribution in [3.8, 4) is 5.69 Å². The van der Waals surface area contributed by atoms with Crippen LogP contribution in [0.15, 0.2) is 18.2 Å². The Morgan fingerprint density at radius 2 is 2.11 bits per heavy atom. The minimum atomic E-state index is 0.751. The fourth-order valence-corrected chi connectivity index (χ4v) is 2.08. The number of nitrogens with zero attached hydrogens (tertiary/aromatic N) is 3. The Bertz CT molecular complexity index is 548. The fraction of sp³-hybridized carbons (Fsp3) is 0.385. The van der Waals surface area contributed by atoms with Crippen molar-refractivity contribution in [3.63, 3.8) is 0 Å². The minimum Gasteiger partial charge on any atom is -0.313 e. The number of hydrogen-bond donors (Lipinski definition) is 1. The summed E-state index contributed by atoms with van der Waals surface area (Å²) in [6.07, 6.45) is 0. The molecule has 1 aromatic carbocycles. The predicted octanol–water partition coefficient (Wildman–Crippen LogP) is 2.65. The van der Waals surface area contributed by atoms with Crippen LogP contribution in [0.2, 0.25) is 5.02 Å². The molecule has 2 aromatic rings. The SMILES string of the molecule is CCNCc1ccc(-n2nc(C)nc2C)cc1Cl. The molecule has 0 saturated heterocycles. The van der Waals surface area contributed by atoms with Crippen molar-refractivity contribution in [1.82, 2.24) is 20.1 Å². The Morgan fingerprint density at radius 1 is 1.33 bits per heavy atom. The Morgan fingerprint density at radius 3 is 2.67 bits per heavy atom. The zero-order chi connectivity index (χ0) is 13.1. The van der Waals surface area contributed by atoms with E-state index >= 15 is 0 Å². The van der Waals surface area contributed by atoms with Crippen molar-refractivity contribution in [2.45, 2.75) is 27.3 Å². The van der Waals surface area contributed by atoms with E-state index in [4.69, 9.17) is 11.6 Å². The van der Waals surface area contributed by atoms with Crippen LogP contribution in [0.4, 0.5) is 0 Å². The molecule has 1 heterocycles. The maximum absolute atomic E-state index is 6.27. The maximum atomic E-state index is 6.27. The average molecular weight is 265 g/mol. The van der Waals surface area contributed by atoms with Gasteiger partial charge >= 0.3 is 0 Å². The van der Waals surface area contributed by atoms with Crippen LogP contribution >= 0.6 is 11.6 Å². The van der Waals surface area contributed by atoms with Crippen LogP contribution in [0.3, 0.4) is 0 Å². The molecule has 2 rings (SSSR count). The highest BCUT2D eigenvalue weighted by Gasteiger charge is 2.07. The van der Waals surface area contributed by atoms with Crippen LogP contribution in [-0.2, 0) is 6.54 Å². The van der Waals surface area contributed by atoms with Crippen LogP contribution < -0.4 is 5.32 Å². The molecular formula is C13H17ClN4. The molecule has 0 aliphatic rings. The molecule has 0 saturated carbocycles. The second-order valence-electron chi connectivity index (χ2n) is 4.17. The summed E-state index contributed by atoms with van der Waals surface area (Å²) >= 11 is 6.27. The van der Waals surface area contributed by atoms with Crippen LogP contribution in [-0.4, -0.2) is 21.3 Å². The summed E-state index contributed by atoms with van der Waals surface area (Å²) in [5.41, 5.74) is 2.04. The highest BCUT2D eigenvalue weighted by molar-refractivity contribution is 6.31. The van der Waals surface area contributed by atoms with Gasteiger partial charge in [-0.2, -0.15) is 5.10 Å². The lowest BCUT2D eigenvalue weighted by Gasteiger charge is -2.08. The van der Waals surface area contributed by atoms with Crippen LogP contribution in [0, 0.1) is 13.8 Å². The largest absolute Gasteiger partial charge is 0.313 e. The van der Waals surface area contributed by atoms with E-state index in [0.29, 0.717) is 0 Å². The third kappa shape index (κ3) is 2.71. The highest BCUT2D eigenvalue weighted by Crippen LogP contribution is 2.20. The van der Waals surface area contributed by atoms with E-state index in [-0.39, 0.29) is 0 Å². The van der Waals surface area contributed by atoms with Gasteiger partial charge in [-0.05, 0) is 38.1 Å². The Balaban J connectivity index is 2.31. The van der Waals surface area contributed by atoms with E-state index in [1.54, 1.807) is 4.68 Å². The number of aromatic nitrogens is 3. The first-order chi connectivity index (χ1) is 8.61. The number of hydrogen-bond acceptors (Lipinski definition) is 3. The molecule has 0 amide bonds. The minimum absolute atomic E-state index is 0.751.